The van der Waals surface area contributed by atoms with Crippen LogP contribution in [0, 0.1) is 23.0 Å². The van der Waals surface area contributed by atoms with Gasteiger partial charge in [-0.3, -0.25) is 0 Å². The smallest absolute Gasteiger partial charge is 0.162 e. The molecule has 100 valence electrons. The third kappa shape index (κ3) is 2.41. The largest absolute Gasteiger partial charge is 0.389 e. The molecule has 1 aliphatic rings. The molecule has 1 nitrogen and oxygen atoms in total. The van der Waals surface area contributed by atoms with Crippen LogP contribution in [-0.2, 0) is 6.42 Å². The quantitative estimate of drug-likeness (QED) is 0.853. The van der Waals surface area contributed by atoms with Crippen LogP contribution in [0.1, 0.15) is 39.2 Å². The Bertz CT molecular complexity index is 456. The number of hydrogen-bond donors (Lipinski definition) is 1. The van der Waals surface area contributed by atoms with Crippen molar-refractivity contribution in [2.45, 2.75) is 45.6 Å². The molecule has 0 amide bonds. The van der Waals surface area contributed by atoms with Crippen molar-refractivity contribution in [3.05, 3.63) is 35.4 Å². The Balaban J connectivity index is 2.26. The van der Waals surface area contributed by atoms with Crippen molar-refractivity contribution in [1.82, 2.24) is 0 Å². The molecule has 2 atom stereocenters. The molecule has 0 radical (unpaired) electrons. The second kappa shape index (κ2) is 4.30. The summed E-state index contributed by atoms with van der Waals surface area (Å²) in [5.41, 5.74) is -0.613. The molecular weight excluding hydrogens is 234 g/mol. The molecule has 1 saturated carbocycles. The monoisotopic (exact) mass is 254 g/mol. The molecule has 1 aromatic rings. The van der Waals surface area contributed by atoms with Gasteiger partial charge in [-0.1, -0.05) is 32.9 Å². The van der Waals surface area contributed by atoms with Gasteiger partial charge in [0.1, 0.15) is 0 Å². The van der Waals surface area contributed by atoms with E-state index in [9.17, 15) is 13.9 Å². The lowest BCUT2D eigenvalue weighted by molar-refractivity contribution is 0.00363. The van der Waals surface area contributed by atoms with Gasteiger partial charge >= 0.3 is 0 Å². The van der Waals surface area contributed by atoms with Crippen molar-refractivity contribution >= 4 is 0 Å². The summed E-state index contributed by atoms with van der Waals surface area (Å²) in [7, 11) is 0. The zero-order valence-electron chi connectivity index (χ0n) is 11.1. The zero-order valence-corrected chi connectivity index (χ0v) is 11.1. The molecule has 2 unspecified atom stereocenters. The number of hydrogen-bond acceptors (Lipinski definition) is 1. The summed E-state index contributed by atoms with van der Waals surface area (Å²) in [6.45, 7) is 6.18. The van der Waals surface area contributed by atoms with E-state index in [4.69, 9.17) is 0 Å². The summed E-state index contributed by atoms with van der Waals surface area (Å²) >= 11 is 0. The van der Waals surface area contributed by atoms with Gasteiger partial charge in [-0.05, 0) is 35.8 Å². The van der Waals surface area contributed by atoms with E-state index in [0.29, 0.717) is 6.42 Å². The van der Waals surface area contributed by atoms with E-state index in [1.165, 1.54) is 6.07 Å². The van der Waals surface area contributed by atoms with Gasteiger partial charge < -0.3 is 5.11 Å². The Hall–Kier alpha value is -0.960. The van der Waals surface area contributed by atoms with Crippen molar-refractivity contribution in [2.75, 3.05) is 0 Å². The minimum Gasteiger partial charge on any atom is -0.389 e. The SMILES string of the molecule is CC1CC(C)(C)CC1(O)Cc1cccc(F)c1F. The van der Waals surface area contributed by atoms with Crippen LogP contribution < -0.4 is 0 Å². The predicted octanol–water partition coefficient (Wildman–Crippen LogP) is 3.69. The van der Waals surface area contributed by atoms with E-state index in [-0.39, 0.29) is 23.3 Å². The van der Waals surface area contributed by atoms with Gasteiger partial charge in [-0.25, -0.2) is 8.78 Å². The minimum atomic E-state index is -0.932. The highest BCUT2D eigenvalue weighted by atomic mass is 19.2. The van der Waals surface area contributed by atoms with Gasteiger partial charge in [0.2, 0.25) is 0 Å². The third-order valence-electron chi connectivity index (χ3n) is 4.09. The van der Waals surface area contributed by atoms with E-state index in [2.05, 4.69) is 13.8 Å². The highest BCUT2D eigenvalue weighted by molar-refractivity contribution is 5.22. The van der Waals surface area contributed by atoms with E-state index in [1.807, 2.05) is 6.92 Å². The average Bonchev–Trinajstić information content (AvgIpc) is 2.43. The fraction of sp³-hybridized carbons (Fsp3) is 0.600. The van der Waals surface area contributed by atoms with Crippen LogP contribution >= 0.6 is 0 Å². The molecule has 1 aliphatic carbocycles. The van der Waals surface area contributed by atoms with E-state index in [0.717, 1.165) is 12.5 Å². The summed E-state index contributed by atoms with van der Waals surface area (Å²) in [5.74, 6) is -1.58. The highest BCUT2D eigenvalue weighted by Crippen LogP contribution is 2.48. The van der Waals surface area contributed by atoms with Gasteiger partial charge in [0.05, 0.1) is 5.60 Å². The molecule has 18 heavy (non-hydrogen) atoms. The summed E-state index contributed by atoms with van der Waals surface area (Å²) in [4.78, 5) is 0. The van der Waals surface area contributed by atoms with Crippen molar-refractivity contribution in [3.8, 4) is 0 Å². The van der Waals surface area contributed by atoms with Gasteiger partial charge in [0, 0.05) is 6.42 Å². The van der Waals surface area contributed by atoms with E-state index >= 15 is 0 Å². The minimum absolute atomic E-state index is 0.0535. The fourth-order valence-electron chi connectivity index (χ4n) is 3.35. The van der Waals surface area contributed by atoms with Crippen LogP contribution in [0.3, 0.4) is 0 Å². The lowest BCUT2D eigenvalue weighted by Gasteiger charge is -2.28. The molecule has 1 N–H and O–H groups in total. The molecule has 0 heterocycles. The molecule has 0 aromatic heterocycles. The van der Waals surface area contributed by atoms with Crippen LogP contribution in [-0.4, -0.2) is 10.7 Å². The lowest BCUT2D eigenvalue weighted by atomic mass is 9.84. The third-order valence-corrected chi connectivity index (χ3v) is 4.09. The van der Waals surface area contributed by atoms with Crippen molar-refractivity contribution in [3.63, 3.8) is 0 Å². The van der Waals surface area contributed by atoms with Gasteiger partial charge in [0.15, 0.2) is 11.6 Å². The van der Waals surface area contributed by atoms with Gasteiger partial charge in [0.25, 0.3) is 0 Å². The summed E-state index contributed by atoms with van der Waals surface area (Å²) in [6, 6.07) is 4.14. The van der Waals surface area contributed by atoms with Gasteiger partial charge in [-0.2, -0.15) is 0 Å². The number of benzene rings is 1. The Morgan fingerprint density at radius 2 is 2.00 bits per heavy atom. The second-order valence-electron chi connectivity index (χ2n) is 6.44. The normalized spacial score (nSPS) is 30.7. The molecule has 0 aliphatic heterocycles. The summed E-state index contributed by atoms with van der Waals surface area (Å²) < 4.78 is 26.8. The summed E-state index contributed by atoms with van der Waals surface area (Å²) in [6.07, 6.45) is 1.71. The molecule has 1 aromatic carbocycles. The molecule has 3 heteroatoms. The number of rotatable bonds is 2. The number of halogens is 2. The van der Waals surface area contributed by atoms with Crippen LogP contribution in [0.15, 0.2) is 18.2 Å². The maximum absolute atomic E-state index is 13.7. The number of aliphatic hydroxyl groups is 1. The molecular formula is C15H20F2O. The topological polar surface area (TPSA) is 20.2 Å². The first kappa shape index (κ1) is 13.5. The van der Waals surface area contributed by atoms with E-state index < -0.39 is 17.2 Å². The maximum Gasteiger partial charge on any atom is 0.162 e. The molecule has 0 saturated heterocycles. The standard InChI is InChI=1S/C15H20F2O/c1-10-7-14(2,3)9-15(10,18)8-11-5-4-6-12(16)13(11)17/h4-6,10,18H,7-9H2,1-3H3. The Kier molecular flexibility index (Phi) is 3.22. The molecule has 0 spiro atoms. The first-order valence-electron chi connectivity index (χ1n) is 6.39. The first-order valence-corrected chi connectivity index (χ1v) is 6.39. The highest BCUT2D eigenvalue weighted by Gasteiger charge is 2.47. The molecule has 1 fully saturated rings. The maximum atomic E-state index is 13.7. The first-order chi connectivity index (χ1) is 8.23. The van der Waals surface area contributed by atoms with Crippen LogP contribution in [0.5, 0.6) is 0 Å². The molecule has 0 bridgehead atoms. The Morgan fingerprint density at radius 1 is 1.33 bits per heavy atom. The van der Waals surface area contributed by atoms with Crippen molar-refractivity contribution < 1.29 is 13.9 Å². The Labute approximate surface area is 107 Å². The van der Waals surface area contributed by atoms with Crippen molar-refractivity contribution in [2.24, 2.45) is 11.3 Å². The summed E-state index contributed by atoms with van der Waals surface area (Å²) in [5, 5.41) is 10.7. The fourth-order valence-corrected chi connectivity index (χ4v) is 3.35. The lowest BCUT2D eigenvalue weighted by Crippen LogP contribution is -2.35. The predicted molar refractivity (Wildman–Crippen MR) is 67.2 cm³/mol. The van der Waals surface area contributed by atoms with E-state index in [1.54, 1.807) is 6.07 Å². The van der Waals surface area contributed by atoms with Crippen LogP contribution in [0.2, 0.25) is 0 Å². The van der Waals surface area contributed by atoms with Crippen LogP contribution in [0.25, 0.3) is 0 Å². The Morgan fingerprint density at radius 3 is 2.56 bits per heavy atom. The second-order valence-corrected chi connectivity index (χ2v) is 6.44. The van der Waals surface area contributed by atoms with Crippen molar-refractivity contribution in [1.29, 1.82) is 0 Å². The average molecular weight is 254 g/mol. The molecule has 2 rings (SSSR count). The zero-order chi connectivity index (χ0) is 13.6. The van der Waals surface area contributed by atoms with Crippen LogP contribution in [0.4, 0.5) is 8.78 Å². The van der Waals surface area contributed by atoms with Gasteiger partial charge in [-0.15, -0.1) is 0 Å².